The minimum Gasteiger partial charge on any atom is -0.326 e. The third-order valence-electron chi connectivity index (χ3n) is 4.08. The van der Waals surface area contributed by atoms with Crippen molar-refractivity contribution in [1.82, 2.24) is 5.32 Å². The molecule has 122 valence electrons. The Hall–Kier alpha value is -1.56. The lowest BCUT2D eigenvalue weighted by Gasteiger charge is -2.29. The highest BCUT2D eigenvalue weighted by molar-refractivity contribution is 5.92. The van der Waals surface area contributed by atoms with E-state index in [1.54, 1.807) is 6.07 Å². The number of hydrogen-bond donors (Lipinski definition) is 2. The summed E-state index contributed by atoms with van der Waals surface area (Å²) >= 11 is 0. The average molecular weight is 314 g/mol. The average Bonchev–Trinajstić information content (AvgIpc) is 2.47. The lowest BCUT2D eigenvalue weighted by Crippen LogP contribution is -2.34. The van der Waals surface area contributed by atoms with Gasteiger partial charge in [0.1, 0.15) is 0 Å². The molecule has 2 N–H and O–H groups in total. The zero-order valence-electron chi connectivity index (χ0n) is 12.5. The van der Waals surface area contributed by atoms with E-state index in [1.807, 2.05) is 25.2 Å². The topological polar surface area (TPSA) is 41.1 Å². The van der Waals surface area contributed by atoms with E-state index in [4.69, 9.17) is 0 Å². The summed E-state index contributed by atoms with van der Waals surface area (Å²) in [4.78, 5) is 12.2. The zero-order valence-corrected chi connectivity index (χ0v) is 12.5. The largest absolute Gasteiger partial charge is 0.391 e. The van der Waals surface area contributed by atoms with Crippen molar-refractivity contribution in [2.24, 2.45) is 11.8 Å². The summed E-state index contributed by atoms with van der Waals surface area (Å²) in [7, 11) is 1.82. The Labute approximate surface area is 128 Å². The molecule has 0 bridgehead atoms. The fraction of sp³-hybridized carbons (Fsp3) is 0.562. The first-order chi connectivity index (χ1) is 10.4. The van der Waals surface area contributed by atoms with Crippen LogP contribution in [0.25, 0.3) is 0 Å². The van der Waals surface area contributed by atoms with E-state index < -0.39 is 18.0 Å². The molecule has 2 unspecified atom stereocenters. The van der Waals surface area contributed by atoms with E-state index in [9.17, 15) is 18.0 Å². The second-order valence-corrected chi connectivity index (χ2v) is 5.82. The third kappa shape index (κ3) is 4.47. The number of benzene rings is 1. The molecule has 1 saturated carbocycles. The van der Waals surface area contributed by atoms with Crippen LogP contribution in [0.4, 0.5) is 18.9 Å². The van der Waals surface area contributed by atoms with Gasteiger partial charge >= 0.3 is 6.18 Å². The normalized spacial score (nSPS) is 22.4. The van der Waals surface area contributed by atoms with Crippen LogP contribution in [-0.4, -0.2) is 19.1 Å². The van der Waals surface area contributed by atoms with Crippen LogP contribution < -0.4 is 10.6 Å². The van der Waals surface area contributed by atoms with Crippen molar-refractivity contribution in [2.45, 2.75) is 38.4 Å². The first-order valence-electron chi connectivity index (χ1n) is 7.51. The Kier molecular flexibility index (Phi) is 5.45. The standard InChI is InChI=1S/C16H21F3N2O/c1-20-10-11-4-2-7-14(8-11)21-15(22)12-5-3-6-13(9-12)16(17,18)19/h2,4,7-8,12-13,20H,3,5-6,9-10H2,1H3,(H,21,22). The second-order valence-electron chi connectivity index (χ2n) is 5.82. The van der Waals surface area contributed by atoms with Crippen molar-refractivity contribution in [3.8, 4) is 0 Å². The lowest BCUT2D eigenvalue weighted by molar-refractivity contribution is -0.185. The molecular formula is C16H21F3N2O. The molecule has 1 aromatic rings. The highest BCUT2D eigenvalue weighted by Crippen LogP contribution is 2.40. The molecule has 0 radical (unpaired) electrons. The van der Waals surface area contributed by atoms with Gasteiger partial charge in [-0.1, -0.05) is 18.6 Å². The monoisotopic (exact) mass is 314 g/mol. The van der Waals surface area contributed by atoms with Gasteiger partial charge in [-0.2, -0.15) is 13.2 Å². The van der Waals surface area contributed by atoms with Crippen molar-refractivity contribution in [3.63, 3.8) is 0 Å². The molecule has 1 amide bonds. The summed E-state index contributed by atoms with van der Waals surface area (Å²) in [5.41, 5.74) is 1.64. The van der Waals surface area contributed by atoms with Crippen molar-refractivity contribution in [3.05, 3.63) is 29.8 Å². The highest BCUT2D eigenvalue weighted by Gasteiger charge is 2.43. The smallest absolute Gasteiger partial charge is 0.326 e. The zero-order chi connectivity index (χ0) is 16.2. The van der Waals surface area contributed by atoms with Gasteiger partial charge in [-0.3, -0.25) is 4.79 Å². The molecule has 0 saturated heterocycles. The number of rotatable bonds is 4. The first-order valence-corrected chi connectivity index (χ1v) is 7.51. The fourth-order valence-electron chi connectivity index (χ4n) is 2.93. The van der Waals surface area contributed by atoms with Crippen molar-refractivity contribution >= 4 is 11.6 Å². The quantitative estimate of drug-likeness (QED) is 0.889. The van der Waals surface area contributed by atoms with Gasteiger partial charge in [-0.15, -0.1) is 0 Å². The minimum atomic E-state index is -4.20. The Morgan fingerprint density at radius 1 is 1.32 bits per heavy atom. The van der Waals surface area contributed by atoms with Gasteiger partial charge in [0.15, 0.2) is 0 Å². The maximum Gasteiger partial charge on any atom is 0.391 e. The lowest BCUT2D eigenvalue weighted by atomic mass is 9.80. The van der Waals surface area contributed by atoms with Crippen LogP contribution in [0.15, 0.2) is 24.3 Å². The Morgan fingerprint density at radius 3 is 2.77 bits per heavy atom. The van der Waals surface area contributed by atoms with Gasteiger partial charge in [0, 0.05) is 18.2 Å². The molecule has 0 heterocycles. The fourth-order valence-corrected chi connectivity index (χ4v) is 2.93. The second kappa shape index (κ2) is 7.13. The molecule has 1 fully saturated rings. The third-order valence-corrected chi connectivity index (χ3v) is 4.08. The van der Waals surface area contributed by atoms with E-state index in [2.05, 4.69) is 10.6 Å². The summed E-state index contributed by atoms with van der Waals surface area (Å²) in [6.45, 7) is 0.670. The molecule has 3 nitrogen and oxygen atoms in total. The van der Waals surface area contributed by atoms with Crippen LogP contribution in [-0.2, 0) is 11.3 Å². The molecule has 1 aliphatic rings. The summed E-state index contributed by atoms with van der Waals surface area (Å²) in [6, 6.07) is 7.33. The number of halogens is 3. The Balaban J connectivity index is 1.98. The molecule has 1 aliphatic carbocycles. The van der Waals surface area contributed by atoms with Gasteiger partial charge in [-0.25, -0.2) is 0 Å². The number of hydrogen-bond acceptors (Lipinski definition) is 2. The van der Waals surface area contributed by atoms with Crippen LogP contribution in [0.1, 0.15) is 31.2 Å². The SMILES string of the molecule is CNCc1cccc(NC(=O)C2CCCC(C(F)(F)F)C2)c1. The van der Waals surface area contributed by atoms with E-state index in [0.717, 1.165) is 5.56 Å². The van der Waals surface area contributed by atoms with E-state index >= 15 is 0 Å². The van der Waals surface area contributed by atoms with Gasteiger partial charge in [-0.05, 0) is 44.0 Å². The van der Waals surface area contributed by atoms with Crippen LogP contribution in [0.5, 0.6) is 0 Å². The molecule has 1 aromatic carbocycles. The maximum atomic E-state index is 12.8. The Bertz CT molecular complexity index is 516. The molecule has 0 spiro atoms. The number of amides is 1. The van der Waals surface area contributed by atoms with E-state index in [-0.39, 0.29) is 18.7 Å². The Morgan fingerprint density at radius 2 is 2.09 bits per heavy atom. The minimum absolute atomic E-state index is 0.106. The molecular weight excluding hydrogens is 293 g/mol. The predicted octanol–water partition coefficient (Wildman–Crippen LogP) is 3.71. The molecule has 0 aromatic heterocycles. The van der Waals surface area contributed by atoms with Crippen LogP contribution >= 0.6 is 0 Å². The number of carbonyl (C=O) groups is 1. The summed E-state index contributed by atoms with van der Waals surface area (Å²) in [5.74, 6) is -2.23. The van der Waals surface area contributed by atoms with Gasteiger partial charge < -0.3 is 10.6 Å². The van der Waals surface area contributed by atoms with E-state index in [0.29, 0.717) is 25.1 Å². The number of carbonyl (C=O) groups excluding carboxylic acids is 1. The molecule has 22 heavy (non-hydrogen) atoms. The van der Waals surface area contributed by atoms with Crippen molar-refractivity contribution in [1.29, 1.82) is 0 Å². The van der Waals surface area contributed by atoms with E-state index in [1.165, 1.54) is 0 Å². The molecule has 0 aliphatic heterocycles. The molecule has 6 heteroatoms. The van der Waals surface area contributed by atoms with Crippen molar-refractivity contribution < 1.29 is 18.0 Å². The van der Waals surface area contributed by atoms with Gasteiger partial charge in [0.25, 0.3) is 0 Å². The van der Waals surface area contributed by atoms with Crippen LogP contribution in [0, 0.1) is 11.8 Å². The number of anilines is 1. The van der Waals surface area contributed by atoms with Gasteiger partial charge in [0.2, 0.25) is 5.91 Å². The number of alkyl halides is 3. The molecule has 2 atom stereocenters. The van der Waals surface area contributed by atoms with Gasteiger partial charge in [0.05, 0.1) is 5.92 Å². The summed E-state index contributed by atoms with van der Waals surface area (Å²) < 4.78 is 38.4. The highest BCUT2D eigenvalue weighted by atomic mass is 19.4. The predicted molar refractivity (Wildman–Crippen MR) is 79.3 cm³/mol. The van der Waals surface area contributed by atoms with Crippen LogP contribution in [0.2, 0.25) is 0 Å². The van der Waals surface area contributed by atoms with Crippen molar-refractivity contribution in [2.75, 3.05) is 12.4 Å². The van der Waals surface area contributed by atoms with Crippen LogP contribution in [0.3, 0.4) is 0 Å². The summed E-state index contributed by atoms with van der Waals surface area (Å²) in [6.07, 6.45) is -3.21. The maximum absolute atomic E-state index is 12.8. The first kappa shape index (κ1) is 16.8. The number of nitrogens with one attached hydrogen (secondary N) is 2. The molecule has 2 rings (SSSR count). The summed E-state index contributed by atoms with van der Waals surface area (Å²) in [5, 5.41) is 5.76.